The van der Waals surface area contributed by atoms with Crippen molar-refractivity contribution >= 4 is 11.1 Å². The smallest absolute Gasteiger partial charge is 0.256 e. The van der Waals surface area contributed by atoms with Gasteiger partial charge in [-0.05, 0) is 23.1 Å². The van der Waals surface area contributed by atoms with Gasteiger partial charge in [-0.15, -0.1) is 0 Å². The van der Waals surface area contributed by atoms with Gasteiger partial charge in [0.1, 0.15) is 0 Å². The van der Waals surface area contributed by atoms with Gasteiger partial charge in [0.15, 0.2) is 5.76 Å². The number of furan rings is 1. The van der Waals surface area contributed by atoms with Gasteiger partial charge in [0, 0.05) is 36.9 Å². The van der Waals surface area contributed by atoms with Crippen molar-refractivity contribution in [3.05, 3.63) is 106 Å². The van der Waals surface area contributed by atoms with Crippen molar-refractivity contribution < 1.29 is 4.42 Å². The van der Waals surface area contributed by atoms with Gasteiger partial charge in [0.25, 0.3) is 5.56 Å². The lowest BCUT2D eigenvalue weighted by Gasteiger charge is -2.05. The second-order valence-corrected chi connectivity index (χ2v) is 6.53. The molecule has 0 spiro atoms. The molecule has 0 unspecified atom stereocenters. The summed E-state index contributed by atoms with van der Waals surface area (Å²) in [6.45, 7) is 0. The van der Waals surface area contributed by atoms with E-state index in [0.717, 1.165) is 16.5 Å². The number of aromatic nitrogens is 1. The molecule has 4 rings (SSSR count). The molecule has 3 nitrogen and oxygen atoms in total. The van der Waals surface area contributed by atoms with Crippen LogP contribution in [0, 0.1) is 11.8 Å². The molecule has 0 bridgehead atoms. The molecule has 3 heteroatoms. The van der Waals surface area contributed by atoms with Crippen LogP contribution in [0.3, 0.4) is 0 Å². The molecule has 2 aromatic carbocycles. The van der Waals surface area contributed by atoms with Crippen LogP contribution >= 0.6 is 0 Å². The van der Waals surface area contributed by atoms with E-state index >= 15 is 0 Å². The zero-order chi connectivity index (χ0) is 18.6. The van der Waals surface area contributed by atoms with E-state index in [1.54, 1.807) is 11.6 Å². The van der Waals surface area contributed by atoms with Crippen LogP contribution in [0.4, 0.5) is 0 Å². The predicted molar refractivity (Wildman–Crippen MR) is 108 cm³/mol. The van der Waals surface area contributed by atoms with Crippen LogP contribution in [0.5, 0.6) is 0 Å². The fraction of sp³-hybridized carbons (Fsp3) is 0.125. The molecule has 0 radical (unpaired) electrons. The lowest BCUT2D eigenvalue weighted by atomic mass is 10.1. The summed E-state index contributed by atoms with van der Waals surface area (Å²) in [5.41, 5.74) is 3.55. The van der Waals surface area contributed by atoms with Crippen LogP contribution in [-0.2, 0) is 19.9 Å². The first kappa shape index (κ1) is 16.9. The van der Waals surface area contributed by atoms with E-state index in [0.29, 0.717) is 24.3 Å². The third kappa shape index (κ3) is 3.70. The Morgan fingerprint density at radius 1 is 0.926 bits per heavy atom. The van der Waals surface area contributed by atoms with E-state index in [-0.39, 0.29) is 5.56 Å². The third-order valence-corrected chi connectivity index (χ3v) is 4.54. The van der Waals surface area contributed by atoms with Crippen LogP contribution in [0.2, 0.25) is 0 Å². The van der Waals surface area contributed by atoms with Crippen LogP contribution in [-0.4, -0.2) is 4.57 Å². The van der Waals surface area contributed by atoms with E-state index in [9.17, 15) is 4.79 Å². The highest BCUT2D eigenvalue weighted by Gasteiger charge is 2.11. The highest BCUT2D eigenvalue weighted by atomic mass is 16.3. The fourth-order valence-electron chi connectivity index (χ4n) is 3.15. The number of hydrogen-bond acceptors (Lipinski definition) is 2. The molecule has 0 atom stereocenters. The van der Waals surface area contributed by atoms with Crippen molar-refractivity contribution in [1.82, 2.24) is 4.57 Å². The zero-order valence-corrected chi connectivity index (χ0v) is 15.1. The molecule has 0 fully saturated rings. The molecule has 2 aromatic heterocycles. The predicted octanol–water partition coefficient (Wildman–Crippen LogP) is 4.32. The van der Waals surface area contributed by atoms with Crippen molar-refractivity contribution in [3.63, 3.8) is 0 Å². The molecule has 0 saturated heterocycles. The van der Waals surface area contributed by atoms with Crippen LogP contribution in [0.15, 0.2) is 82.0 Å². The van der Waals surface area contributed by atoms with Crippen molar-refractivity contribution in [2.24, 2.45) is 7.05 Å². The van der Waals surface area contributed by atoms with Gasteiger partial charge in [-0.25, -0.2) is 0 Å². The van der Waals surface area contributed by atoms with Gasteiger partial charge in [-0.1, -0.05) is 66.6 Å². The van der Waals surface area contributed by atoms with Crippen LogP contribution in [0.25, 0.3) is 11.1 Å². The van der Waals surface area contributed by atoms with Gasteiger partial charge >= 0.3 is 0 Å². The topological polar surface area (TPSA) is 35.1 Å². The average molecular weight is 353 g/mol. The Morgan fingerprint density at radius 2 is 1.59 bits per heavy atom. The molecule has 0 aliphatic heterocycles. The molecule has 0 amide bonds. The second-order valence-electron chi connectivity index (χ2n) is 6.53. The highest BCUT2D eigenvalue weighted by molar-refractivity contribution is 5.76. The molecule has 0 aliphatic carbocycles. The summed E-state index contributed by atoms with van der Waals surface area (Å²) in [5, 5.41) is 0.895. The summed E-state index contributed by atoms with van der Waals surface area (Å²) in [6, 6.07) is 23.9. The van der Waals surface area contributed by atoms with E-state index in [1.165, 1.54) is 5.56 Å². The Morgan fingerprint density at radius 3 is 2.30 bits per heavy atom. The minimum Gasteiger partial charge on any atom is -0.431 e. The highest BCUT2D eigenvalue weighted by Crippen LogP contribution is 2.19. The summed E-state index contributed by atoms with van der Waals surface area (Å²) in [7, 11) is 1.74. The summed E-state index contributed by atoms with van der Waals surface area (Å²) in [4.78, 5) is 12.7. The molecule has 132 valence electrons. The van der Waals surface area contributed by atoms with Gasteiger partial charge in [-0.3, -0.25) is 9.36 Å². The minimum absolute atomic E-state index is 0.0375. The van der Waals surface area contributed by atoms with Crippen LogP contribution < -0.4 is 5.56 Å². The van der Waals surface area contributed by atoms with Gasteiger partial charge in [0.2, 0.25) is 5.71 Å². The van der Waals surface area contributed by atoms with Crippen LogP contribution in [0.1, 0.15) is 22.5 Å². The van der Waals surface area contributed by atoms with E-state index in [2.05, 4.69) is 11.8 Å². The van der Waals surface area contributed by atoms with Gasteiger partial charge in [-0.2, -0.15) is 0 Å². The molecular formula is C24H19NO2. The van der Waals surface area contributed by atoms with E-state index < -0.39 is 0 Å². The van der Waals surface area contributed by atoms with Crippen molar-refractivity contribution in [3.8, 4) is 11.8 Å². The maximum Gasteiger partial charge on any atom is 0.256 e. The first-order chi connectivity index (χ1) is 13.2. The first-order valence-electron chi connectivity index (χ1n) is 8.90. The standard InChI is InChI=1S/C24H19NO2/c1-25-23(26)20(15-19-11-6-3-7-12-19)16-21-17-22(27-24(21)25)14-8-13-18-9-4-2-5-10-18/h2-7,9-12,16-17H,13,15H2,1H3. The lowest BCUT2D eigenvalue weighted by molar-refractivity contribution is 0.565. The maximum absolute atomic E-state index is 12.7. The van der Waals surface area contributed by atoms with Crippen molar-refractivity contribution in [1.29, 1.82) is 0 Å². The minimum atomic E-state index is -0.0375. The Labute approximate surface area is 157 Å². The first-order valence-corrected chi connectivity index (χ1v) is 8.90. The molecule has 4 aromatic rings. The monoisotopic (exact) mass is 353 g/mol. The average Bonchev–Trinajstić information content (AvgIpc) is 3.10. The molecule has 0 N–H and O–H groups in total. The van der Waals surface area contributed by atoms with Crippen molar-refractivity contribution in [2.45, 2.75) is 12.8 Å². The Balaban J connectivity index is 1.64. The number of aryl methyl sites for hydroxylation is 1. The molecule has 0 saturated carbocycles. The second kappa shape index (κ2) is 7.39. The molecular weight excluding hydrogens is 334 g/mol. The Kier molecular flexibility index (Phi) is 4.63. The number of rotatable bonds is 3. The normalized spacial score (nSPS) is 10.6. The number of hydrogen-bond donors (Lipinski definition) is 0. The fourth-order valence-corrected chi connectivity index (χ4v) is 3.15. The quantitative estimate of drug-likeness (QED) is 0.514. The summed E-state index contributed by atoms with van der Waals surface area (Å²) in [5.74, 6) is 6.78. The largest absolute Gasteiger partial charge is 0.431 e. The zero-order valence-electron chi connectivity index (χ0n) is 15.1. The number of pyridine rings is 1. The van der Waals surface area contributed by atoms with E-state index in [1.807, 2.05) is 72.8 Å². The number of nitrogens with zero attached hydrogens (tertiary/aromatic N) is 1. The molecule has 27 heavy (non-hydrogen) atoms. The Bertz CT molecular complexity index is 1190. The summed E-state index contributed by atoms with van der Waals surface area (Å²) in [6.07, 6.45) is 1.26. The van der Waals surface area contributed by atoms with Crippen molar-refractivity contribution in [2.75, 3.05) is 0 Å². The SMILES string of the molecule is Cn1c(=O)c(Cc2ccccc2)cc2cc(C#CCc3ccccc3)oc21. The molecule has 0 aliphatic rings. The number of fused-ring (bicyclic) bond motifs is 1. The maximum atomic E-state index is 12.7. The number of benzene rings is 2. The van der Waals surface area contributed by atoms with Gasteiger partial charge < -0.3 is 4.42 Å². The van der Waals surface area contributed by atoms with Gasteiger partial charge in [0.05, 0.1) is 0 Å². The summed E-state index contributed by atoms with van der Waals surface area (Å²) >= 11 is 0. The third-order valence-electron chi connectivity index (χ3n) is 4.54. The van der Waals surface area contributed by atoms with E-state index in [4.69, 9.17) is 4.42 Å². The summed E-state index contributed by atoms with van der Waals surface area (Å²) < 4.78 is 7.38. The molecule has 2 heterocycles. The Hall–Kier alpha value is -3.51. The lowest BCUT2D eigenvalue weighted by Crippen LogP contribution is -2.21.